The van der Waals surface area contributed by atoms with Gasteiger partial charge < -0.3 is 5.32 Å². The summed E-state index contributed by atoms with van der Waals surface area (Å²) in [4.78, 5) is 25.7. The van der Waals surface area contributed by atoms with E-state index in [4.69, 9.17) is 0 Å². The summed E-state index contributed by atoms with van der Waals surface area (Å²) in [5, 5.41) is 2.77. The van der Waals surface area contributed by atoms with Crippen LogP contribution in [0.15, 0.2) is 30.3 Å². The molecule has 1 saturated heterocycles. The Bertz CT molecular complexity index is 506. The van der Waals surface area contributed by atoms with Gasteiger partial charge >= 0.3 is 6.03 Å². The molecule has 1 aromatic rings. The first kappa shape index (κ1) is 14.9. The van der Waals surface area contributed by atoms with Crippen LogP contribution in [0, 0.1) is 0 Å². The number of benzene rings is 1. The first-order valence-electron chi connectivity index (χ1n) is 6.81. The SMILES string of the molecule is CCC1(C)NC(=O)N(CC(CS)c2ccccc2)C1=O. The van der Waals surface area contributed by atoms with E-state index in [1.54, 1.807) is 6.92 Å². The Hall–Kier alpha value is -1.49. The summed E-state index contributed by atoms with van der Waals surface area (Å²) in [7, 11) is 0. The fourth-order valence-corrected chi connectivity index (χ4v) is 2.69. The van der Waals surface area contributed by atoms with Gasteiger partial charge in [0, 0.05) is 12.5 Å². The van der Waals surface area contributed by atoms with Crippen molar-refractivity contribution >= 4 is 24.6 Å². The second-order valence-electron chi connectivity index (χ2n) is 5.32. The Morgan fingerprint density at radius 2 is 1.95 bits per heavy atom. The molecule has 1 N–H and O–H groups in total. The maximum Gasteiger partial charge on any atom is 0.325 e. The molecule has 0 saturated carbocycles. The van der Waals surface area contributed by atoms with Crippen molar-refractivity contribution in [3.8, 4) is 0 Å². The van der Waals surface area contributed by atoms with E-state index in [9.17, 15) is 9.59 Å². The van der Waals surface area contributed by atoms with Crippen LogP contribution in [0.3, 0.4) is 0 Å². The summed E-state index contributed by atoms with van der Waals surface area (Å²) in [5.41, 5.74) is 0.322. The predicted molar refractivity (Wildman–Crippen MR) is 82.0 cm³/mol. The molecule has 1 aromatic carbocycles. The molecule has 1 heterocycles. The van der Waals surface area contributed by atoms with Crippen LogP contribution in [0.4, 0.5) is 4.79 Å². The van der Waals surface area contributed by atoms with Gasteiger partial charge in [-0.2, -0.15) is 12.6 Å². The number of hydrogen-bond acceptors (Lipinski definition) is 3. The number of carbonyl (C=O) groups excluding carboxylic acids is 2. The van der Waals surface area contributed by atoms with Gasteiger partial charge in [-0.05, 0) is 24.7 Å². The lowest BCUT2D eigenvalue weighted by atomic mass is 9.97. The topological polar surface area (TPSA) is 49.4 Å². The molecule has 0 radical (unpaired) electrons. The summed E-state index contributed by atoms with van der Waals surface area (Å²) >= 11 is 4.36. The second kappa shape index (κ2) is 5.87. The lowest BCUT2D eigenvalue weighted by Gasteiger charge is -2.22. The third kappa shape index (κ3) is 2.68. The van der Waals surface area contributed by atoms with Crippen molar-refractivity contribution in [1.82, 2.24) is 10.2 Å². The van der Waals surface area contributed by atoms with E-state index in [2.05, 4.69) is 17.9 Å². The van der Waals surface area contributed by atoms with E-state index in [1.807, 2.05) is 37.3 Å². The molecule has 2 atom stereocenters. The lowest BCUT2D eigenvalue weighted by molar-refractivity contribution is -0.131. The molecule has 108 valence electrons. The van der Waals surface area contributed by atoms with Crippen molar-refractivity contribution in [2.75, 3.05) is 12.3 Å². The van der Waals surface area contributed by atoms with Crippen LogP contribution in [0.5, 0.6) is 0 Å². The van der Waals surface area contributed by atoms with Gasteiger partial charge in [-0.25, -0.2) is 4.79 Å². The number of nitrogens with zero attached hydrogens (tertiary/aromatic N) is 1. The highest BCUT2D eigenvalue weighted by molar-refractivity contribution is 7.80. The van der Waals surface area contributed by atoms with Gasteiger partial charge in [0.05, 0.1) is 0 Å². The number of nitrogens with one attached hydrogen (secondary N) is 1. The van der Waals surface area contributed by atoms with Crippen LogP contribution in [0.1, 0.15) is 31.7 Å². The van der Waals surface area contributed by atoms with Crippen LogP contribution in [0.25, 0.3) is 0 Å². The zero-order chi connectivity index (χ0) is 14.8. The zero-order valence-electron chi connectivity index (χ0n) is 11.8. The van der Waals surface area contributed by atoms with Gasteiger partial charge in [0.15, 0.2) is 0 Å². The van der Waals surface area contributed by atoms with Gasteiger partial charge in [-0.15, -0.1) is 0 Å². The zero-order valence-corrected chi connectivity index (χ0v) is 12.7. The number of amides is 3. The third-order valence-electron chi connectivity index (χ3n) is 3.95. The van der Waals surface area contributed by atoms with Gasteiger partial charge in [0.25, 0.3) is 5.91 Å². The number of rotatable bonds is 5. The van der Waals surface area contributed by atoms with Gasteiger partial charge in [-0.3, -0.25) is 9.69 Å². The van der Waals surface area contributed by atoms with Gasteiger partial charge in [0.1, 0.15) is 5.54 Å². The number of thiol groups is 1. The Balaban J connectivity index is 2.17. The molecule has 4 nitrogen and oxygen atoms in total. The Morgan fingerprint density at radius 3 is 2.45 bits per heavy atom. The molecule has 3 amide bonds. The van der Waals surface area contributed by atoms with Crippen molar-refractivity contribution in [1.29, 1.82) is 0 Å². The first-order chi connectivity index (χ1) is 9.51. The molecular weight excluding hydrogens is 272 g/mol. The van der Waals surface area contributed by atoms with Gasteiger partial charge in [0.2, 0.25) is 0 Å². The summed E-state index contributed by atoms with van der Waals surface area (Å²) in [6, 6.07) is 9.54. The molecule has 0 bridgehead atoms. The first-order valence-corrected chi connectivity index (χ1v) is 7.45. The summed E-state index contributed by atoms with van der Waals surface area (Å²) in [6.07, 6.45) is 0.588. The highest BCUT2D eigenvalue weighted by atomic mass is 32.1. The smallest absolute Gasteiger partial charge is 0.323 e. The maximum absolute atomic E-state index is 12.4. The molecule has 1 aliphatic heterocycles. The van der Waals surface area contributed by atoms with E-state index < -0.39 is 5.54 Å². The normalized spacial score (nSPS) is 23.9. The summed E-state index contributed by atoms with van der Waals surface area (Å²) < 4.78 is 0. The molecule has 1 aliphatic rings. The summed E-state index contributed by atoms with van der Waals surface area (Å²) in [5.74, 6) is 0.491. The van der Waals surface area contributed by atoms with Crippen molar-refractivity contribution in [3.05, 3.63) is 35.9 Å². The standard InChI is InChI=1S/C15H20N2O2S/c1-3-15(2)13(18)17(14(19)16-15)9-12(10-20)11-7-5-4-6-8-11/h4-8,12,20H,3,9-10H2,1-2H3,(H,16,19). The quantitative estimate of drug-likeness (QED) is 0.647. The molecule has 2 unspecified atom stereocenters. The van der Waals surface area contributed by atoms with Crippen LogP contribution in [0.2, 0.25) is 0 Å². The highest BCUT2D eigenvalue weighted by Gasteiger charge is 2.46. The largest absolute Gasteiger partial charge is 0.325 e. The minimum absolute atomic E-state index is 0.0495. The van der Waals surface area contributed by atoms with Crippen LogP contribution in [-0.2, 0) is 4.79 Å². The van der Waals surface area contributed by atoms with E-state index in [0.717, 1.165) is 5.56 Å². The number of hydrogen-bond donors (Lipinski definition) is 2. The van der Waals surface area contributed by atoms with Crippen LogP contribution < -0.4 is 5.32 Å². The highest BCUT2D eigenvalue weighted by Crippen LogP contribution is 2.25. The number of urea groups is 1. The minimum atomic E-state index is -0.769. The van der Waals surface area contributed by atoms with E-state index >= 15 is 0 Å². The molecular formula is C15H20N2O2S. The molecule has 5 heteroatoms. The van der Waals surface area contributed by atoms with Crippen molar-refractivity contribution in [3.63, 3.8) is 0 Å². The molecule has 1 fully saturated rings. The Kier molecular flexibility index (Phi) is 4.38. The average Bonchev–Trinajstić information content (AvgIpc) is 2.69. The van der Waals surface area contributed by atoms with Crippen molar-refractivity contribution in [2.24, 2.45) is 0 Å². The lowest BCUT2D eigenvalue weighted by Crippen LogP contribution is -2.43. The molecule has 0 aromatic heterocycles. The fraction of sp³-hybridized carbons (Fsp3) is 0.467. The van der Waals surface area contributed by atoms with Crippen LogP contribution >= 0.6 is 12.6 Å². The molecule has 0 aliphatic carbocycles. The van der Waals surface area contributed by atoms with E-state index in [1.165, 1.54) is 4.90 Å². The Morgan fingerprint density at radius 1 is 1.30 bits per heavy atom. The van der Waals surface area contributed by atoms with Gasteiger partial charge in [-0.1, -0.05) is 37.3 Å². The second-order valence-corrected chi connectivity index (χ2v) is 5.69. The summed E-state index contributed by atoms with van der Waals surface area (Å²) in [6.45, 7) is 4.04. The van der Waals surface area contributed by atoms with Crippen molar-refractivity contribution in [2.45, 2.75) is 31.7 Å². The fourth-order valence-electron chi connectivity index (χ4n) is 2.37. The predicted octanol–water partition coefficient (Wildman–Crippen LogP) is 2.42. The van der Waals surface area contributed by atoms with Crippen LogP contribution in [-0.4, -0.2) is 34.7 Å². The monoisotopic (exact) mass is 292 g/mol. The molecule has 0 spiro atoms. The van der Waals surface area contributed by atoms with Crippen molar-refractivity contribution < 1.29 is 9.59 Å². The Labute approximate surface area is 124 Å². The minimum Gasteiger partial charge on any atom is -0.323 e. The average molecular weight is 292 g/mol. The third-order valence-corrected chi connectivity index (χ3v) is 4.39. The molecule has 2 rings (SSSR count). The van der Waals surface area contributed by atoms with E-state index in [0.29, 0.717) is 18.7 Å². The molecule has 20 heavy (non-hydrogen) atoms. The maximum atomic E-state index is 12.4. The number of imide groups is 1. The van der Waals surface area contributed by atoms with E-state index in [-0.39, 0.29) is 17.9 Å². The number of carbonyl (C=O) groups is 2.